The molecule has 0 saturated heterocycles. The molecule has 0 saturated carbocycles. The number of hydrogen-bond acceptors (Lipinski definition) is 4. The van der Waals surface area contributed by atoms with E-state index in [9.17, 15) is 9.18 Å². The third kappa shape index (κ3) is 4.67. The molecule has 0 aliphatic heterocycles. The van der Waals surface area contributed by atoms with E-state index in [1.807, 2.05) is 24.3 Å². The van der Waals surface area contributed by atoms with Crippen molar-refractivity contribution in [2.45, 2.75) is 26.3 Å². The predicted molar refractivity (Wildman–Crippen MR) is 104 cm³/mol. The molecular weight excluding hydrogens is 343 g/mol. The second kappa shape index (κ2) is 8.40. The predicted octanol–water partition coefficient (Wildman–Crippen LogP) is 4.60. The molecule has 2 N–H and O–H groups in total. The van der Waals surface area contributed by atoms with E-state index in [-0.39, 0.29) is 35.8 Å². The molecule has 1 heterocycles. The molecule has 0 aliphatic carbocycles. The molecule has 0 radical (unpaired) electrons. The van der Waals surface area contributed by atoms with Crippen LogP contribution in [0.5, 0.6) is 0 Å². The van der Waals surface area contributed by atoms with Gasteiger partial charge >= 0.3 is 0 Å². The second-order valence-corrected chi connectivity index (χ2v) is 6.41. The lowest BCUT2D eigenvalue weighted by Gasteiger charge is -2.13. The Labute approximate surface area is 157 Å². The van der Waals surface area contributed by atoms with Gasteiger partial charge in [-0.05, 0) is 29.7 Å². The van der Waals surface area contributed by atoms with E-state index in [4.69, 9.17) is 0 Å². The van der Waals surface area contributed by atoms with Gasteiger partial charge in [-0.1, -0.05) is 50.2 Å². The molecule has 6 heteroatoms. The summed E-state index contributed by atoms with van der Waals surface area (Å²) >= 11 is 0. The number of anilines is 2. The van der Waals surface area contributed by atoms with E-state index in [1.165, 1.54) is 12.3 Å². The average molecular weight is 364 g/mol. The molecular formula is C21H21FN4O. The molecule has 138 valence electrons. The Morgan fingerprint density at radius 1 is 1.07 bits per heavy atom. The summed E-state index contributed by atoms with van der Waals surface area (Å²) in [5.74, 6) is -0.0726. The first-order chi connectivity index (χ1) is 13.0. The molecule has 3 rings (SSSR count). The molecule has 0 unspecified atom stereocenters. The van der Waals surface area contributed by atoms with Gasteiger partial charge in [0.2, 0.25) is 5.95 Å². The minimum Gasteiger partial charge on any atom is -0.350 e. The van der Waals surface area contributed by atoms with Crippen molar-refractivity contribution in [3.63, 3.8) is 0 Å². The molecule has 0 atom stereocenters. The van der Waals surface area contributed by atoms with Crippen LogP contribution in [0.25, 0.3) is 0 Å². The van der Waals surface area contributed by atoms with Crippen LogP contribution in [0, 0.1) is 5.82 Å². The second-order valence-electron chi connectivity index (χ2n) is 6.41. The number of nitrogens with one attached hydrogen (secondary N) is 2. The van der Waals surface area contributed by atoms with Gasteiger partial charge in [-0.25, -0.2) is 14.4 Å². The molecule has 1 aromatic heterocycles. The highest BCUT2D eigenvalue weighted by molar-refractivity contribution is 6.03. The fourth-order valence-corrected chi connectivity index (χ4v) is 2.69. The molecule has 27 heavy (non-hydrogen) atoms. The molecule has 1 amide bonds. The van der Waals surface area contributed by atoms with Crippen LogP contribution in [0.3, 0.4) is 0 Å². The first-order valence-corrected chi connectivity index (χ1v) is 8.75. The zero-order chi connectivity index (χ0) is 19.2. The van der Waals surface area contributed by atoms with Crippen LogP contribution < -0.4 is 10.6 Å². The molecule has 2 aromatic carbocycles. The van der Waals surface area contributed by atoms with Crippen LogP contribution in [0.1, 0.15) is 41.4 Å². The van der Waals surface area contributed by atoms with E-state index < -0.39 is 0 Å². The van der Waals surface area contributed by atoms with Crippen molar-refractivity contribution >= 4 is 17.5 Å². The van der Waals surface area contributed by atoms with Gasteiger partial charge in [-0.3, -0.25) is 4.79 Å². The monoisotopic (exact) mass is 364 g/mol. The van der Waals surface area contributed by atoms with Crippen LogP contribution in [0.4, 0.5) is 16.0 Å². The van der Waals surface area contributed by atoms with Gasteiger partial charge in [0.15, 0.2) is 0 Å². The highest BCUT2D eigenvalue weighted by Gasteiger charge is 2.13. The Morgan fingerprint density at radius 3 is 2.59 bits per heavy atom. The number of carbonyl (C=O) groups excluding carboxylic acids is 1. The van der Waals surface area contributed by atoms with Crippen LogP contribution in [-0.2, 0) is 6.54 Å². The largest absolute Gasteiger partial charge is 0.350 e. The highest BCUT2D eigenvalue weighted by Crippen LogP contribution is 2.24. The minimum absolute atomic E-state index is 0.230. The maximum absolute atomic E-state index is 13.7. The van der Waals surface area contributed by atoms with Gasteiger partial charge in [0, 0.05) is 24.0 Å². The molecule has 5 nitrogen and oxygen atoms in total. The smallest absolute Gasteiger partial charge is 0.274 e. The maximum Gasteiger partial charge on any atom is 0.274 e. The maximum atomic E-state index is 13.7. The molecule has 3 aromatic rings. The number of hydrogen-bond donors (Lipinski definition) is 2. The lowest BCUT2D eigenvalue weighted by molar-refractivity contribution is 0.102. The zero-order valence-corrected chi connectivity index (χ0v) is 15.2. The van der Waals surface area contributed by atoms with E-state index in [0.29, 0.717) is 5.56 Å². The van der Waals surface area contributed by atoms with Gasteiger partial charge in [-0.2, -0.15) is 0 Å². The Morgan fingerprint density at radius 2 is 1.81 bits per heavy atom. The number of aromatic nitrogens is 2. The number of benzene rings is 2. The number of halogens is 1. The lowest BCUT2D eigenvalue weighted by atomic mass is 10.0. The molecule has 0 fully saturated rings. The van der Waals surface area contributed by atoms with Gasteiger partial charge in [0.1, 0.15) is 11.5 Å². The van der Waals surface area contributed by atoms with Crippen molar-refractivity contribution in [2.24, 2.45) is 0 Å². The fourth-order valence-electron chi connectivity index (χ4n) is 2.69. The summed E-state index contributed by atoms with van der Waals surface area (Å²) < 4.78 is 13.7. The summed E-state index contributed by atoms with van der Waals surface area (Å²) in [5, 5.41) is 5.85. The van der Waals surface area contributed by atoms with Crippen molar-refractivity contribution in [1.82, 2.24) is 9.97 Å². The van der Waals surface area contributed by atoms with Crippen molar-refractivity contribution in [3.8, 4) is 0 Å². The van der Waals surface area contributed by atoms with Gasteiger partial charge < -0.3 is 10.6 Å². The van der Waals surface area contributed by atoms with Crippen LogP contribution in [0.15, 0.2) is 60.8 Å². The molecule has 0 bridgehead atoms. The summed E-state index contributed by atoms with van der Waals surface area (Å²) in [5.41, 5.74) is 2.55. The van der Waals surface area contributed by atoms with Crippen molar-refractivity contribution < 1.29 is 9.18 Å². The van der Waals surface area contributed by atoms with Crippen LogP contribution >= 0.6 is 0 Å². The fraction of sp³-hybridized carbons (Fsp3) is 0.190. The first kappa shape index (κ1) is 18.5. The van der Waals surface area contributed by atoms with Crippen molar-refractivity contribution in [1.29, 1.82) is 0 Å². The lowest BCUT2D eigenvalue weighted by Crippen LogP contribution is -2.16. The highest BCUT2D eigenvalue weighted by atomic mass is 19.1. The summed E-state index contributed by atoms with van der Waals surface area (Å²) in [7, 11) is 0. The quantitative estimate of drug-likeness (QED) is 0.671. The Balaban J connectivity index is 1.72. The summed E-state index contributed by atoms with van der Waals surface area (Å²) in [6.45, 7) is 4.37. The number of para-hydroxylation sites is 1. The Kier molecular flexibility index (Phi) is 5.76. The minimum atomic E-state index is -0.320. The number of rotatable bonds is 6. The standard InChI is InChI=1S/C21H21FN4O/c1-14(2)16-8-4-6-10-18(16)25-20(27)19-11-12-23-21(26-19)24-13-15-7-3-5-9-17(15)22/h3-12,14H,13H2,1-2H3,(H,25,27)(H,23,24,26). The summed E-state index contributed by atoms with van der Waals surface area (Å²) in [4.78, 5) is 20.9. The van der Waals surface area contributed by atoms with Gasteiger partial charge in [0.25, 0.3) is 5.91 Å². The SMILES string of the molecule is CC(C)c1ccccc1NC(=O)c1ccnc(NCc2ccccc2F)n1. The van der Waals surface area contributed by atoms with E-state index in [2.05, 4.69) is 34.4 Å². The van der Waals surface area contributed by atoms with E-state index in [0.717, 1.165) is 11.3 Å². The average Bonchev–Trinajstić information content (AvgIpc) is 2.68. The Hall–Kier alpha value is -3.28. The number of nitrogens with zero attached hydrogens (tertiary/aromatic N) is 2. The number of amides is 1. The zero-order valence-electron chi connectivity index (χ0n) is 15.2. The molecule has 0 aliphatic rings. The third-order valence-corrected chi connectivity index (χ3v) is 4.11. The van der Waals surface area contributed by atoms with E-state index in [1.54, 1.807) is 24.3 Å². The Bertz CT molecular complexity index is 943. The van der Waals surface area contributed by atoms with Crippen LogP contribution in [0.2, 0.25) is 0 Å². The van der Waals surface area contributed by atoms with Gasteiger partial charge in [-0.15, -0.1) is 0 Å². The first-order valence-electron chi connectivity index (χ1n) is 8.75. The summed E-state index contributed by atoms with van der Waals surface area (Å²) in [6.07, 6.45) is 1.50. The van der Waals surface area contributed by atoms with Crippen molar-refractivity contribution in [2.75, 3.05) is 10.6 Å². The summed E-state index contributed by atoms with van der Waals surface area (Å²) in [6, 6.07) is 15.7. The normalized spacial score (nSPS) is 10.7. The van der Waals surface area contributed by atoms with Crippen LogP contribution in [-0.4, -0.2) is 15.9 Å². The third-order valence-electron chi connectivity index (χ3n) is 4.11. The van der Waals surface area contributed by atoms with Gasteiger partial charge in [0.05, 0.1) is 0 Å². The van der Waals surface area contributed by atoms with Crippen molar-refractivity contribution in [3.05, 3.63) is 83.4 Å². The topological polar surface area (TPSA) is 66.9 Å². The van der Waals surface area contributed by atoms with E-state index >= 15 is 0 Å². The molecule has 0 spiro atoms. The number of carbonyl (C=O) groups is 1.